The first kappa shape index (κ1) is 20.9. The quantitative estimate of drug-likeness (QED) is 0.609. The number of methoxy groups -OCH3 is 1. The number of aryl methyl sites for hydroxylation is 1. The Labute approximate surface area is 152 Å². The molecule has 0 radical (unpaired) electrons. The molecular weight excluding hydrogens is 348 g/mol. The molecule has 2 N–H and O–H groups in total. The standard InChI is InChI=1S/C16H22N4O4.ClH/c1-12-19-15(20-24-12)11-23-14-6-4-3-5-13(14)16(21)18-8-7-17-9-10-22-2;/h3-6,17H,7-11H2,1-2H3,(H,18,21);1H. The van der Waals surface area contributed by atoms with Crippen LogP contribution in [0.2, 0.25) is 0 Å². The van der Waals surface area contributed by atoms with Crippen LogP contribution in [0.5, 0.6) is 5.75 Å². The smallest absolute Gasteiger partial charge is 0.255 e. The van der Waals surface area contributed by atoms with Crippen molar-refractivity contribution in [3.05, 3.63) is 41.5 Å². The fourth-order valence-corrected chi connectivity index (χ4v) is 1.98. The summed E-state index contributed by atoms with van der Waals surface area (Å²) in [6, 6.07) is 7.04. The van der Waals surface area contributed by atoms with Crippen molar-refractivity contribution in [2.24, 2.45) is 0 Å². The first-order chi connectivity index (χ1) is 11.7. The van der Waals surface area contributed by atoms with E-state index in [0.717, 1.165) is 6.54 Å². The number of carbonyl (C=O) groups excluding carboxylic acids is 1. The summed E-state index contributed by atoms with van der Waals surface area (Å²) in [5.41, 5.74) is 0.467. The van der Waals surface area contributed by atoms with E-state index in [9.17, 15) is 4.79 Å². The van der Waals surface area contributed by atoms with E-state index in [2.05, 4.69) is 20.8 Å². The van der Waals surface area contributed by atoms with E-state index < -0.39 is 0 Å². The molecule has 0 bridgehead atoms. The number of hydrogen-bond donors (Lipinski definition) is 2. The van der Waals surface area contributed by atoms with Crippen LogP contribution in [-0.2, 0) is 11.3 Å². The lowest BCUT2D eigenvalue weighted by atomic mass is 10.2. The van der Waals surface area contributed by atoms with Crippen molar-refractivity contribution in [3.8, 4) is 5.75 Å². The zero-order valence-corrected chi connectivity index (χ0v) is 15.1. The molecule has 2 rings (SSSR count). The van der Waals surface area contributed by atoms with Crippen LogP contribution in [0.25, 0.3) is 0 Å². The molecule has 25 heavy (non-hydrogen) atoms. The lowest BCUT2D eigenvalue weighted by molar-refractivity contribution is 0.0949. The van der Waals surface area contributed by atoms with E-state index in [0.29, 0.717) is 42.7 Å². The molecule has 8 nitrogen and oxygen atoms in total. The second-order valence-electron chi connectivity index (χ2n) is 5.01. The first-order valence-electron chi connectivity index (χ1n) is 7.69. The van der Waals surface area contributed by atoms with Gasteiger partial charge in [-0.25, -0.2) is 0 Å². The van der Waals surface area contributed by atoms with Crippen LogP contribution in [0.1, 0.15) is 22.1 Å². The van der Waals surface area contributed by atoms with Gasteiger partial charge in [0.05, 0.1) is 12.2 Å². The number of nitrogens with one attached hydrogen (secondary N) is 2. The summed E-state index contributed by atoms with van der Waals surface area (Å²) in [4.78, 5) is 16.3. The predicted molar refractivity (Wildman–Crippen MR) is 94.1 cm³/mol. The Hall–Kier alpha value is -2.16. The van der Waals surface area contributed by atoms with Gasteiger partial charge in [0, 0.05) is 33.7 Å². The molecule has 0 fully saturated rings. The summed E-state index contributed by atoms with van der Waals surface area (Å²) in [7, 11) is 1.65. The molecule has 1 heterocycles. The summed E-state index contributed by atoms with van der Waals surface area (Å²) >= 11 is 0. The van der Waals surface area contributed by atoms with Crippen molar-refractivity contribution >= 4 is 18.3 Å². The Balaban J connectivity index is 0.00000312. The van der Waals surface area contributed by atoms with E-state index >= 15 is 0 Å². The number of halogens is 1. The fourth-order valence-electron chi connectivity index (χ4n) is 1.98. The second kappa shape index (κ2) is 11.4. The van der Waals surface area contributed by atoms with Gasteiger partial charge in [-0.1, -0.05) is 17.3 Å². The Bertz CT molecular complexity index is 651. The van der Waals surface area contributed by atoms with Gasteiger partial charge >= 0.3 is 0 Å². The SMILES string of the molecule is COCCNCCNC(=O)c1ccccc1OCc1noc(C)n1.Cl. The molecule has 1 aromatic carbocycles. The van der Waals surface area contributed by atoms with Gasteiger partial charge in [-0.05, 0) is 12.1 Å². The molecule has 0 saturated heterocycles. The van der Waals surface area contributed by atoms with E-state index in [1.807, 2.05) is 0 Å². The van der Waals surface area contributed by atoms with Crippen molar-refractivity contribution in [2.75, 3.05) is 33.4 Å². The third kappa shape index (κ3) is 7.08. The number of amides is 1. The predicted octanol–water partition coefficient (Wildman–Crippen LogP) is 1.34. The van der Waals surface area contributed by atoms with Crippen molar-refractivity contribution < 1.29 is 18.8 Å². The highest BCUT2D eigenvalue weighted by Gasteiger charge is 2.12. The van der Waals surface area contributed by atoms with E-state index in [4.69, 9.17) is 14.0 Å². The number of aromatic nitrogens is 2. The Morgan fingerprint density at radius 2 is 2.04 bits per heavy atom. The number of rotatable bonds is 10. The first-order valence-corrected chi connectivity index (χ1v) is 7.69. The van der Waals surface area contributed by atoms with Crippen LogP contribution in [0, 0.1) is 6.92 Å². The second-order valence-corrected chi connectivity index (χ2v) is 5.01. The lowest BCUT2D eigenvalue weighted by Crippen LogP contribution is -2.33. The van der Waals surface area contributed by atoms with Crippen molar-refractivity contribution in [1.29, 1.82) is 0 Å². The van der Waals surface area contributed by atoms with Gasteiger partial charge in [0.2, 0.25) is 11.7 Å². The molecule has 2 aromatic rings. The van der Waals surface area contributed by atoms with E-state index in [1.54, 1.807) is 38.3 Å². The van der Waals surface area contributed by atoms with Gasteiger partial charge in [0.25, 0.3) is 5.91 Å². The number of para-hydroxylation sites is 1. The summed E-state index contributed by atoms with van der Waals surface area (Å²) < 4.78 is 15.5. The van der Waals surface area contributed by atoms with Crippen LogP contribution >= 0.6 is 12.4 Å². The summed E-state index contributed by atoms with van der Waals surface area (Å²) in [6.45, 7) is 4.41. The molecule has 0 spiro atoms. The molecule has 0 aliphatic heterocycles. The molecule has 0 atom stereocenters. The maximum atomic E-state index is 12.3. The monoisotopic (exact) mass is 370 g/mol. The minimum Gasteiger partial charge on any atom is -0.485 e. The van der Waals surface area contributed by atoms with Crippen LogP contribution in [0.4, 0.5) is 0 Å². The van der Waals surface area contributed by atoms with Gasteiger partial charge in [0.1, 0.15) is 5.75 Å². The molecule has 9 heteroatoms. The zero-order valence-electron chi connectivity index (χ0n) is 14.3. The molecular formula is C16H23ClN4O4. The van der Waals surface area contributed by atoms with Crippen LogP contribution < -0.4 is 15.4 Å². The highest BCUT2D eigenvalue weighted by molar-refractivity contribution is 5.96. The average Bonchev–Trinajstić information content (AvgIpc) is 3.01. The topological polar surface area (TPSA) is 98.5 Å². The number of ether oxygens (including phenoxy) is 2. The van der Waals surface area contributed by atoms with Gasteiger partial charge in [-0.3, -0.25) is 4.79 Å². The normalized spacial score (nSPS) is 10.2. The molecule has 0 aliphatic carbocycles. The highest BCUT2D eigenvalue weighted by Crippen LogP contribution is 2.18. The molecule has 0 unspecified atom stereocenters. The van der Waals surface area contributed by atoms with Crippen LogP contribution in [0.15, 0.2) is 28.8 Å². The number of carbonyl (C=O) groups is 1. The zero-order chi connectivity index (χ0) is 17.2. The largest absolute Gasteiger partial charge is 0.485 e. The van der Waals surface area contributed by atoms with Gasteiger partial charge in [-0.2, -0.15) is 4.98 Å². The number of nitrogens with zero attached hydrogens (tertiary/aromatic N) is 2. The average molecular weight is 371 g/mol. The van der Waals surface area contributed by atoms with E-state index in [-0.39, 0.29) is 24.9 Å². The van der Waals surface area contributed by atoms with Crippen molar-refractivity contribution in [2.45, 2.75) is 13.5 Å². The van der Waals surface area contributed by atoms with Gasteiger partial charge in [0.15, 0.2) is 6.61 Å². The highest BCUT2D eigenvalue weighted by atomic mass is 35.5. The van der Waals surface area contributed by atoms with Gasteiger partial charge in [-0.15, -0.1) is 12.4 Å². The minimum atomic E-state index is -0.191. The molecule has 0 saturated carbocycles. The number of benzene rings is 1. The Kier molecular flexibility index (Phi) is 9.53. The summed E-state index contributed by atoms with van der Waals surface area (Å²) in [5.74, 6) is 1.19. The lowest BCUT2D eigenvalue weighted by Gasteiger charge is -2.11. The van der Waals surface area contributed by atoms with Crippen molar-refractivity contribution in [3.63, 3.8) is 0 Å². The molecule has 1 amide bonds. The van der Waals surface area contributed by atoms with Crippen LogP contribution in [-0.4, -0.2) is 49.4 Å². The molecule has 0 aliphatic rings. The van der Waals surface area contributed by atoms with Gasteiger partial charge < -0.3 is 24.6 Å². The summed E-state index contributed by atoms with van der Waals surface area (Å²) in [6.07, 6.45) is 0. The van der Waals surface area contributed by atoms with Crippen molar-refractivity contribution in [1.82, 2.24) is 20.8 Å². The molecule has 138 valence electrons. The van der Waals surface area contributed by atoms with Crippen LogP contribution in [0.3, 0.4) is 0 Å². The maximum absolute atomic E-state index is 12.3. The maximum Gasteiger partial charge on any atom is 0.255 e. The molecule has 1 aromatic heterocycles. The Morgan fingerprint density at radius 1 is 1.24 bits per heavy atom. The number of hydrogen-bond acceptors (Lipinski definition) is 7. The fraction of sp³-hybridized carbons (Fsp3) is 0.438. The van der Waals surface area contributed by atoms with E-state index in [1.165, 1.54) is 0 Å². The Morgan fingerprint density at radius 3 is 2.76 bits per heavy atom. The summed E-state index contributed by atoms with van der Waals surface area (Å²) in [5, 5.41) is 9.77. The third-order valence-electron chi connectivity index (χ3n) is 3.13. The third-order valence-corrected chi connectivity index (χ3v) is 3.13. The minimum absolute atomic E-state index is 0.